The predicted molar refractivity (Wildman–Crippen MR) is 130 cm³/mol. The van der Waals surface area contributed by atoms with Crippen LogP contribution in [0.15, 0.2) is 97.1 Å². The zero-order valence-electron chi connectivity index (χ0n) is 19.1. The van der Waals surface area contributed by atoms with E-state index >= 15 is 0 Å². The number of rotatable bonds is 7. The van der Waals surface area contributed by atoms with Crippen molar-refractivity contribution in [2.24, 2.45) is 0 Å². The highest BCUT2D eigenvalue weighted by atomic mass is 32.2. The second-order valence-corrected chi connectivity index (χ2v) is 9.78. The predicted octanol–water partition coefficient (Wildman–Crippen LogP) is 6.85. The van der Waals surface area contributed by atoms with Crippen molar-refractivity contribution in [1.29, 1.82) is 0 Å². The van der Waals surface area contributed by atoms with Crippen molar-refractivity contribution in [2.75, 3.05) is 7.05 Å². The maximum atomic E-state index is 13.3. The zero-order chi connectivity index (χ0) is 25.2. The highest BCUT2D eigenvalue weighted by molar-refractivity contribution is 7.88. The molecule has 0 saturated heterocycles. The van der Waals surface area contributed by atoms with Crippen molar-refractivity contribution >= 4 is 20.9 Å². The SMILES string of the molecule is C[C@H](c1ccccc1)N(C)[C@H](c1ccccc1)c1c(OS(=O)(=O)C(F)(F)F)ccc2ccccc12. The van der Waals surface area contributed by atoms with Gasteiger partial charge < -0.3 is 4.18 Å². The number of hydrogen-bond acceptors (Lipinski definition) is 4. The standard InChI is InChI=1S/C27H24F3NO3S/c1-19(20-11-5-3-6-12-20)31(2)26(22-14-7-4-8-15-22)25-23-16-10-9-13-21(23)17-18-24(25)34-35(32,33)27(28,29)30/h3-19,26H,1-2H3/t19-,26-/m1/s1. The average Bonchev–Trinajstić information content (AvgIpc) is 2.85. The molecule has 0 radical (unpaired) electrons. The van der Waals surface area contributed by atoms with E-state index in [4.69, 9.17) is 4.18 Å². The second-order valence-electron chi connectivity index (χ2n) is 8.25. The second kappa shape index (κ2) is 9.71. The molecule has 0 unspecified atom stereocenters. The summed E-state index contributed by atoms with van der Waals surface area (Å²) in [5, 5.41) is 1.35. The fourth-order valence-corrected chi connectivity index (χ4v) is 4.70. The molecule has 0 saturated carbocycles. The number of hydrogen-bond donors (Lipinski definition) is 0. The third-order valence-electron chi connectivity index (χ3n) is 6.10. The topological polar surface area (TPSA) is 46.6 Å². The van der Waals surface area contributed by atoms with Crippen molar-refractivity contribution in [1.82, 2.24) is 4.90 Å². The number of alkyl halides is 3. The molecule has 0 amide bonds. The highest BCUT2D eigenvalue weighted by Gasteiger charge is 2.49. The first-order valence-corrected chi connectivity index (χ1v) is 12.3. The van der Waals surface area contributed by atoms with Crippen LogP contribution in [0.1, 0.15) is 35.7 Å². The summed E-state index contributed by atoms with van der Waals surface area (Å²) in [5.41, 5.74) is -3.43. The Labute approximate surface area is 202 Å². The van der Waals surface area contributed by atoms with E-state index in [9.17, 15) is 21.6 Å². The van der Waals surface area contributed by atoms with E-state index in [1.807, 2.05) is 91.7 Å². The van der Waals surface area contributed by atoms with Gasteiger partial charge in [-0.3, -0.25) is 4.90 Å². The molecule has 8 heteroatoms. The van der Waals surface area contributed by atoms with Gasteiger partial charge in [0.15, 0.2) is 0 Å². The lowest BCUT2D eigenvalue weighted by atomic mass is 9.90. The van der Waals surface area contributed by atoms with Crippen molar-refractivity contribution < 1.29 is 25.8 Å². The summed E-state index contributed by atoms with van der Waals surface area (Å²) in [6.45, 7) is 1.99. The monoisotopic (exact) mass is 499 g/mol. The third-order valence-corrected chi connectivity index (χ3v) is 7.07. The molecule has 0 bridgehead atoms. The molecule has 4 rings (SSSR count). The molecule has 2 atom stereocenters. The molecular formula is C27H24F3NO3S. The van der Waals surface area contributed by atoms with E-state index in [2.05, 4.69) is 0 Å². The molecule has 0 aliphatic rings. The molecular weight excluding hydrogens is 475 g/mol. The first-order chi connectivity index (χ1) is 16.6. The number of fused-ring (bicyclic) bond motifs is 1. The summed E-state index contributed by atoms with van der Waals surface area (Å²) in [6.07, 6.45) is 0. The minimum atomic E-state index is -5.87. The summed E-state index contributed by atoms with van der Waals surface area (Å²) in [7, 11) is -4.01. The van der Waals surface area contributed by atoms with Gasteiger partial charge in [-0.05, 0) is 41.9 Å². The first kappa shape index (κ1) is 24.8. The van der Waals surface area contributed by atoms with Crippen LogP contribution in [0.5, 0.6) is 5.75 Å². The summed E-state index contributed by atoms with van der Waals surface area (Å²) < 4.78 is 68.7. The largest absolute Gasteiger partial charge is 0.534 e. The van der Waals surface area contributed by atoms with Gasteiger partial charge in [0.05, 0.1) is 6.04 Å². The Balaban J connectivity index is 1.97. The molecule has 182 valence electrons. The Morgan fingerprint density at radius 2 is 1.31 bits per heavy atom. The lowest BCUT2D eigenvalue weighted by Crippen LogP contribution is -2.31. The average molecular weight is 500 g/mol. The van der Waals surface area contributed by atoms with Crippen LogP contribution in [0, 0.1) is 0 Å². The highest BCUT2D eigenvalue weighted by Crippen LogP contribution is 2.43. The molecule has 0 heterocycles. The van der Waals surface area contributed by atoms with Gasteiger partial charge in [-0.1, -0.05) is 91.0 Å². The van der Waals surface area contributed by atoms with Crippen LogP contribution >= 0.6 is 0 Å². The van der Waals surface area contributed by atoms with Crippen molar-refractivity contribution in [3.63, 3.8) is 0 Å². The summed E-state index contributed by atoms with van der Waals surface area (Å²) in [6, 6.07) is 28.1. The lowest BCUT2D eigenvalue weighted by Gasteiger charge is -2.35. The fourth-order valence-electron chi connectivity index (χ4n) is 4.23. The van der Waals surface area contributed by atoms with Crippen LogP contribution in [0.25, 0.3) is 10.8 Å². The molecule has 0 aliphatic carbocycles. The molecule has 0 aromatic heterocycles. The Kier molecular flexibility index (Phi) is 6.87. The Bertz CT molecular complexity index is 1410. The third kappa shape index (κ3) is 5.04. The molecule has 0 aliphatic heterocycles. The maximum absolute atomic E-state index is 13.3. The van der Waals surface area contributed by atoms with Gasteiger partial charge in [-0.2, -0.15) is 21.6 Å². The van der Waals surface area contributed by atoms with Crippen molar-refractivity contribution in [3.05, 3.63) is 114 Å². The van der Waals surface area contributed by atoms with Crippen LogP contribution in [0.4, 0.5) is 13.2 Å². The Morgan fingerprint density at radius 1 is 0.771 bits per heavy atom. The molecule has 0 N–H and O–H groups in total. The normalized spacial score (nSPS) is 14.1. The van der Waals surface area contributed by atoms with Crippen LogP contribution in [0.3, 0.4) is 0 Å². The molecule has 4 aromatic carbocycles. The number of benzene rings is 4. The van der Waals surface area contributed by atoms with E-state index in [1.54, 1.807) is 18.2 Å². The smallest absolute Gasteiger partial charge is 0.376 e. The van der Waals surface area contributed by atoms with E-state index in [-0.39, 0.29) is 11.8 Å². The lowest BCUT2D eigenvalue weighted by molar-refractivity contribution is -0.0500. The maximum Gasteiger partial charge on any atom is 0.534 e. The van der Waals surface area contributed by atoms with Crippen LogP contribution in [-0.4, -0.2) is 25.9 Å². The first-order valence-electron chi connectivity index (χ1n) is 10.9. The van der Waals surface area contributed by atoms with Crippen LogP contribution in [0.2, 0.25) is 0 Å². The van der Waals surface area contributed by atoms with E-state index in [0.717, 1.165) is 16.5 Å². The fraction of sp³-hybridized carbons (Fsp3) is 0.185. The van der Waals surface area contributed by atoms with Gasteiger partial charge in [-0.15, -0.1) is 0 Å². The molecule has 4 nitrogen and oxygen atoms in total. The van der Waals surface area contributed by atoms with Crippen LogP contribution < -0.4 is 4.18 Å². The van der Waals surface area contributed by atoms with E-state index in [0.29, 0.717) is 10.9 Å². The number of nitrogens with zero attached hydrogens (tertiary/aromatic N) is 1. The van der Waals surface area contributed by atoms with E-state index in [1.165, 1.54) is 6.07 Å². The van der Waals surface area contributed by atoms with Crippen molar-refractivity contribution in [2.45, 2.75) is 24.5 Å². The van der Waals surface area contributed by atoms with Gasteiger partial charge in [0.2, 0.25) is 0 Å². The van der Waals surface area contributed by atoms with Gasteiger partial charge in [-0.25, -0.2) is 0 Å². The quantitative estimate of drug-likeness (QED) is 0.206. The van der Waals surface area contributed by atoms with Gasteiger partial charge in [0, 0.05) is 11.6 Å². The molecule has 0 fully saturated rings. The summed E-state index contributed by atoms with van der Waals surface area (Å²) in [4.78, 5) is 2.00. The van der Waals surface area contributed by atoms with Gasteiger partial charge in [0.25, 0.3) is 0 Å². The van der Waals surface area contributed by atoms with Crippen molar-refractivity contribution in [3.8, 4) is 5.75 Å². The molecule has 4 aromatic rings. The zero-order valence-corrected chi connectivity index (χ0v) is 19.9. The van der Waals surface area contributed by atoms with Gasteiger partial charge in [0.1, 0.15) is 5.75 Å². The Morgan fingerprint density at radius 3 is 1.91 bits per heavy atom. The number of halogens is 3. The molecule has 0 spiro atoms. The summed E-state index contributed by atoms with van der Waals surface area (Å²) in [5.74, 6) is -0.359. The van der Waals surface area contributed by atoms with Gasteiger partial charge >= 0.3 is 15.6 Å². The minimum Gasteiger partial charge on any atom is -0.376 e. The molecule has 35 heavy (non-hydrogen) atoms. The van der Waals surface area contributed by atoms with E-state index < -0.39 is 21.7 Å². The van der Waals surface area contributed by atoms with Crippen LogP contribution in [-0.2, 0) is 10.1 Å². The minimum absolute atomic E-state index is 0.160. The summed E-state index contributed by atoms with van der Waals surface area (Å²) >= 11 is 0. The Hall–Kier alpha value is -3.36.